The van der Waals surface area contributed by atoms with Crippen LogP contribution in [0.2, 0.25) is 0 Å². The highest BCUT2D eigenvalue weighted by atomic mass is 19.2. The van der Waals surface area contributed by atoms with E-state index in [1.165, 1.54) is 12.1 Å². The van der Waals surface area contributed by atoms with Crippen molar-refractivity contribution in [1.82, 2.24) is 15.2 Å². The quantitative estimate of drug-likeness (QED) is 0.252. The average molecular weight is 495 g/mol. The molecule has 2 aromatic heterocycles. The summed E-state index contributed by atoms with van der Waals surface area (Å²) in [6.07, 6.45) is 1.56. The lowest BCUT2D eigenvalue weighted by molar-refractivity contribution is -0.143. The van der Waals surface area contributed by atoms with E-state index >= 15 is 0 Å². The predicted molar refractivity (Wildman–Crippen MR) is 110 cm³/mol. The van der Waals surface area contributed by atoms with Gasteiger partial charge in [0.2, 0.25) is 11.8 Å². The molecule has 0 saturated heterocycles. The zero-order chi connectivity index (χ0) is 25.1. The Bertz CT molecular complexity index is 1260. The van der Waals surface area contributed by atoms with Gasteiger partial charge >= 0.3 is 23.8 Å². The molecule has 2 heterocycles. The summed E-state index contributed by atoms with van der Waals surface area (Å²) in [6.45, 7) is 0. The van der Waals surface area contributed by atoms with Crippen molar-refractivity contribution in [2.45, 2.75) is 31.8 Å². The maximum atomic E-state index is 14.4. The molecule has 4 rings (SSSR count). The lowest BCUT2D eigenvalue weighted by Gasteiger charge is -2.26. The molecule has 1 aliphatic rings. The molecule has 3 N–H and O–H groups in total. The molecule has 1 aromatic carbocycles. The van der Waals surface area contributed by atoms with Crippen molar-refractivity contribution in [1.29, 1.82) is 0 Å². The number of anilines is 3. The minimum absolute atomic E-state index is 0.0305. The van der Waals surface area contributed by atoms with Crippen LogP contribution in [0.4, 0.5) is 35.0 Å². The molecule has 1 aliphatic carbocycles. The summed E-state index contributed by atoms with van der Waals surface area (Å²) in [5.41, 5.74) is -0.835. The SMILES string of the molecule is O=C(Nc1ccc(O[C@H]2CC[C@@H](C(=O)O)CC2)nc1F)c1nnc(Nc2cc(F)c(F)cc2F)o1. The van der Waals surface area contributed by atoms with Gasteiger partial charge in [-0.3, -0.25) is 9.59 Å². The van der Waals surface area contributed by atoms with Crippen molar-refractivity contribution in [3.05, 3.63) is 53.6 Å². The number of carbonyl (C=O) groups excluding carboxylic acids is 1. The van der Waals surface area contributed by atoms with E-state index in [2.05, 4.69) is 25.8 Å². The number of carbonyl (C=O) groups is 2. The second kappa shape index (κ2) is 9.95. The van der Waals surface area contributed by atoms with E-state index in [9.17, 15) is 27.2 Å². The number of hydrogen-bond acceptors (Lipinski definition) is 8. The monoisotopic (exact) mass is 495 g/mol. The molecule has 1 saturated carbocycles. The van der Waals surface area contributed by atoms with Gasteiger partial charge in [-0.05, 0) is 31.7 Å². The number of aromatic nitrogens is 3. The molecule has 0 atom stereocenters. The van der Waals surface area contributed by atoms with Crippen LogP contribution in [0.3, 0.4) is 0 Å². The highest BCUT2D eigenvalue weighted by Crippen LogP contribution is 2.28. The van der Waals surface area contributed by atoms with Gasteiger partial charge in [0.05, 0.1) is 17.3 Å². The Morgan fingerprint density at radius 3 is 2.37 bits per heavy atom. The number of ether oxygens (including phenoxy) is 1. The Hall–Kier alpha value is -4.23. The van der Waals surface area contributed by atoms with Gasteiger partial charge in [-0.25, -0.2) is 13.2 Å². The Balaban J connectivity index is 1.36. The van der Waals surface area contributed by atoms with Crippen molar-refractivity contribution in [2.75, 3.05) is 10.6 Å². The number of pyridine rings is 1. The highest BCUT2D eigenvalue weighted by Gasteiger charge is 2.27. The lowest BCUT2D eigenvalue weighted by atomic mass is 9.87. The number of hydrogen-bond donors (Lipinski definition) is 3. The van der Waals surface area contributed by atoms with E-state index in [0.717, 1.165) is 0 Å². The Kier molecular flexibility index (Phi) is 6.80. The zero-order valence-electron chi connectivity index (χ0n) is 17.7. The van der Waals surface area contributed by atoms with Gasteiger partial charge in [-0.2, -0.15) is 9.37 Å². The van der Waals surface area contributed by atoms with E-state index in [4.69, 9.17) is 14.3 Å². The third kappa shape index (κ3) is 5.65. The number of nitrogens with zero attached hydrogens (tertiary/aromatic N) is 3. The van der Waals surface area contributed by atoms with Crippen LogP contribution in [0.15, 0.2) is 28.7 Å². The van der Waals surface area contributed by atoms with Crippen LogP contribution in [-0.4, -0.2) is 38.3 Å². The van der Waals surface area contributed by atoms with Crippen LogP contribution >= 0.6 is 0 Å². The number of amides is 1. The number of benzene rings is 1. The van der Waals surface area contributed by atoms with Crippen LogP contribution < -0.4 is 15.4 Å². The fraction of sp³-hybridized carbons (Fsp3) is 0.286. The molecule has 3 aromatic rings. The molecule has 0 unspecified atom stereocenters. The third-order valence-electron chi connectivity index (χ3n) is 5.25. The van der Waals surface area contributed by atoms with Crippen LogP contribution in [-0.2, 0) is 4.79 Å². The molecular weight excluding hydrogens is 478 g/mol. The number of nitrogens with one attached hydrogen (secondary N) is 2. The van der Waals surface area contributed by atoms with E-state index < -0.39 is 58.8 Å². The summed E-state index contributed by atoms with van der Waals surface area (Å²) >= 11 is 0. The second-order valence-corrected chi connectivity index (χ2v) is 7.66. The van der Waals surface area contributed by atoms with Gasteiger partial charge in [0.15, 0.2) is 11.6 Å². The average Bonchev–Trinajstić information content (AvgIpc) is 3.28. The van der Waals surface area contributed by atoms with Crippen molar-refractivity contribution in [3.63, 3.8) is 0 Å². The van der Waals surface area contributed by atoms with Crippen LogP contribution in [0.25, 0.3) is 0 Å². The molecule has 35 heavy (non-hydrogen) atoms. The van der Waals surface area contributed by atoms with Gasteiger partial charge in [0.1, 0.15) is 11.9 Å². The Labute approximate surface area is 194 Å². The molecule has 1 fully saturated rings. The minimum atomic E-state index is -1.39. The van der Waals surface area contributed by atoms with E-state index in [1.54, 1.807) is 0 Å². The largest absolute Gasteiger partial charge is 0.481 e. The third-order valence-corrected chi connectivity index (χ3v) is 5.25. The van der Waals surface area contributed by atoms with Crippen molar-refractivity contribution in [3.8, 4) is 5.88 Å². The summed E-state index contributed by atoms with van der Waals surface area (Å²) in [5.74, 6) is -7.87. The van der Waals surface area contributed by atoms with Gasteiger partial charge in [-0.15, -0.1) is 5.10 Å². The Morgan fingerprint density at radius 2 is 1.69 bits per heavy atom. The molecule has 1 amide bonds. The van der Waals surface area contributed by atoms with Gasteiger partial charge in [-0.1, -0.05) is 5.10 Å². The van der Waals surface area contributed by atoms with Crippen LogP contribution in [0.5, 0.6) is 5.88 Å². The topological polar surface area (TPSA) is 139 Å². The first-order chi connectivity index (χ1) is 16.7. The van der Waals surface area contributed by atoms with Crippen molar-refractivity contribution in [2.24, 2.45) is 5.92 Å². The predicted octanol–water partition coefficient (Wildman–Crippen LogP) is 4.04. The summed E-state index contributed by atoms with van der Waals surface area (Å²) in [4.78, 5) is 27.0. The summed E-state index contributed by atoms with van der Waals surface area (Å²) in [7, 11) is 0. The van der Waals surface area contributed by atoms with E-state index in [-0.39, 0.29) is 17.7 Å². The van der Waals surface area contributed by atoms with Gasteiger partial charge in [0, 0.05) is 18.2 Å². The fourth-order valence-electron chi connectivity index (χ4n) is 3.45. The number of aliphatic carboxylic acids is 1. The summed E-state index contributed by atoms with van der Waals surface area (Å²) in [5, 5.41) is 20.3. The molecule has 14 heteroatoms. The molecule has 184 valence electrons. The lowest BCUT2D eigenvalue weighted by Crippen LogP contribution is -2.28. The molecule has 0 bridgehead atoms. The van der Waals surface area contributed by atoms with Crippen LogP contribution in [0.1, 0.15) is 36.4 Å². The van der Waals surface area contributed by atoms with Gasteiger partial charge < -0.3 is 24.9 Å². The first-order valence-corrected chi connectivity index (χ1v) is 10.3. The number of carboxylic acid groups (broad SMARTS) is 1. The van der Waals surface area contributed by atoms with Crippen molar-refractivity contribution < 1.29 is 41.4 Å². The van der Waals surface area contributed by atoms with Gasteiger partial charge in [0.25, 0.3) is 0 Å². The normalized spacial score (nSPS) is 17.6. The second-order valence-electron chi connectivity index (χ2n) is 7.66. The summed E-state index contributed by atoms with van der Waals surface area (Å²) < 4.78 is 65.0. The molecule has 0 aliphatic heterocycles. The smallest absolute Gasteiger partial charge is 0.320 e. The number of rotatable bonds is 7. The fourth-order valence-corrected chi connectivity index (χ4v) is 3.45. The molecule has 0 radical (unpaired) electrons. The van der Waals surface area contributed by atoms with E-state index in [0.29, 0.717) is 37.8 Å². The maximum Gasteiger partial charge on any atom is 0.320 e. The highest BCUT2D eigenvalue weighted by molar-refractivity contribution is 6.00. The number of carboxylic acids is 1. The number of halogens is 4. The molecule has 10 nitrogen and oxygen atoms in total. The summed E-state index contributed by atoms with van der Waals surface area (Å²) in [6, 6.07) is 2.86. The van der Waals surface area contributed by atoms with Crippen molar-refractivity contribution >= 4 is 29.3 Å². The minimum Gasteiger partial charge on any atom is -0.481 e. The molecule has 0 spiro atoms. The standard InChI is InChI=1S/C21H17F4N5O5/c22-11-7-13(24)15(8-12(11)23)27-21-30-29-19(35-21)18(31)26-14-5-6-16(28-17(14)25)34-10-3-1-9(2-4-10)20(32)33/h5-10H,1-4H2,(H,26,31)(H,27,30)(H,32,33)/t9-,10+. The first kappa shape index (κ1) is 23.9. The Morgan fingerprint density at radius 1 is 0.971 bits per heavy atom. The zero-order valence-corrected chi connectivity index (χ0v) is 17.7. The molecular formula is C21H17F4N5O5. The maximum absolute atomic E-state index is 14.4. The van der Waals surface area contributed by atoms with Crippen LogP contribution in [0, 0.1) is 29.3 Å². The first-order valence-electron chi connectivity index (χ1n) is 10.3. The van der Waals surface area contributed by atoms with E-state index in [1.807, 2.05) is 0 Å².